The maximum Gasteiger partial charge on any atom is 0.277 e. The highest BCUT2D eigenvalue weighted by Crippen LogP contribution is 2.42. The molecule has 4 aliphatic heterocycles. The molecule has 0 aromatic heterocycles. The number of methoxy groups -OCH3 is 1. The Morgan fingerprint density at radius 1 is 0.780 bits per heavy atom. The van der Waals surface area contributed by atoms with E-state index in [-0.39, 0.29) is 72.8 Å². The number of nitrogens with zero attached hydrogens (tertiary/aromatic N) is 3. The number of carbonyl (C=O) groups is 4. The molecule has 0 saturated heterocycles. The molecule has 0 bridgehead atoms. The lowest BCUT2D eigenvalue weighted by Gasteiger charge is -2.36. The molecule has 0 radical (unpaired) electrons. The van der Waals surface area contributed by atoms with E-state index in [4.69, 9.17) is 18.4 Å². The van der Waals surface area contributed by atoms with Crippen LogP contribution in [0.4, 0.5) is 17.1 Å². The Morgan fingerprint density at radius 3 is 2.10 bits per heavy atom. The number of benzene rings is 5. The van der Waals surface area contributed by atoms with Crippen molar-refractivity contribution in [2.45, 2.75) is 134 Å². The predicted octanol–water partition coefficient (Wildman–Crippen LogP) is 10.5. The summed E-state index contributed by atoms with van der Waals surface area (Å²) < 4.78 is 49.2. The first-order valence-electron chi connectivity index (χ1n) is 28.5. The van der Waals surface area contributed by atoms with Crippen LogP contribution >= 0.6 is 21.6 Å². The summed E-state index contributed by atoms with van der Waals surface area (Å²) in [6, 6.07) is 29.8. The molecule has 3 N–H and O–H groups in total. The van der Waals surface area contributed by atoms with Crippen LogP contribution in [-0.4, -0.2) is 117 Å². The van der Waals surface area contributed by atoms with Gasteiger partial charge in [-0.1, -0.05) is 83.5 Å². The number of aryl methyl sites for hydroxylation is 1. The van der Waals surface area contributed by atoms with Crippen LogP contribution in [0.15, 0.2) is 91.0 Å². The van der Waals surface area contributed by atoms with Gasteiger partial charge in [-0.25, -0.2) is 0 Å². The Morgan fingerprint density at radius 2 is 1.43 bits per heavy atom. The second-order valence-corrected chi connectivity index (χ2v) is 27.5. The highest BCUT2D eigenvalue weighted by Gasteiger charge is 2.38. The molecule has 438 valence electrons. The Labute approximate surface area is 491 Å². The molecule has 3 amide bonds. The van der Waals surface area contributed by atoms with Gasteiger partial charge in [-0.3, -0.25) is 23.4 Å². The van der Waals surface area contributed by atoms with Crippen molar-refractivity contribution in [2.75, 3.05) is 68.7 Å². The second kappa shape index (κ2) is 27.0. The number of nitrogens with one attached hydrogen (secondary N) is 3. The molecule has 5 aromatic carbocycles. The Balaban J connectivity index is 0.885. The molecule has 3 atom stereocenters. The fourth-order valence-corrected chi connectivity index (χ4v) is 15.3. The van der Waals surface area contributed by atoms with E-state index in [9.17, 15) is 27.6 Å². The van der Waals surface area contributed by atoms with Gasteiger partial charge >= 0.3 is 0 Å². The maximum atomic E-state index is 14.3. The van der Waals surface area contributed by atoms with Crippen molar-refractivity contribution in [1.29, 1.82) is 0 Å². The summed E-state index contributed by atoms with van der Waals surface area (Å²) in [5.41, 5.74) is 10.4. The summed E-state index contributed by atoms with van der Waals surface area (Å²) in [7, 11) is 3.68. The summed E-state index contributed by atoms with van der Waals surface area (Å²) in [6.07, 6.45) is 4.96. The molecule has 0 fully saturated rings. The number of carbonyl (C=O) groups excluding carboxylic acids is 4. The van der Waals surface area contributed by atoms with E-state index >= 15 is 0 Å². The van der Waals surface area contributed by atoms with Crippen molar-refractivity contribution in [3.05, 3.63) is 141 Å². The third-order valence-corrected chi connectivity index (χ3v) is 21.1. The van der Waals surface area contributed by atoms with Crippen molar-refractivity contribution in [3.63, 3.8) is 0 Å². The minimum atomic E-state index is -4.05. The van der Waals surface area contributed by atoms with Crippen LogP contribution in [0.2, 0.25) is 0 Å². The number of rotatable bonds is 26. The molecule has 16 nitrogen and oxygen atoms in total. The molecule has 9 rings (SSSR count). The van der Waals surface area contributed by atoms with Gasteiger partial charge in [0.05, 0.1) is 48.8 Å². The number of fused-ring (bicyclic) bond motifs is 6. The molecule has 0 aliphatic carbocycles. The van der Waals surface area contributed by atoms with E-state index in [1.165, 1.54) is 27.5 Å². The fourth-order valence-electron chi connectivity index (χ4n) is 11.4. The third-order valence-electron chi connectivity index (χ3n) is 16.0. The number of Topliss-reactive ketones (excluding diaryl/α,β-unsaturated/α-hetero) is 1. The second-order valence-electron chi connectivity index (χ2n) is 22.5. The molecule has 4 heterocycles. The van der Waals surface area contributed by atoms with E-state index in [2.05, 4.69) is 51.2 Å². The number of hydrogen-bond acceptors (Lipinski definition) is 15. The summed E-state index contributed by atoms with van der Waals surface area (Å²) >= 11 is 0. The first kappa shape index (κ1) is 60.3. The highest BCUT2D eigenvalue weighted by molar-refractivity contribution is 8.77. The van der Waals surface area contributed by atoms with Gasteiger partial charge in [-0.05, 0) is 142 Å². The van der Waals surface area contributed by atoms with Crippen LogP contribution < -0.4 is 35.1 Å². The predicted molar refractivity (Wildman–Crippen MR) is 327 cm³/mol. The minimum Gasteiger partial charge on any atom is -0.493 e. The van der Waals surface area contributed by atoms with Crippen molar-refractivity contribution >= 4 is 72.3 Å². The molecule has 0 spiro atoms. The zero-order chi connectivity index (χ0) is 58.1. The summed E-state index contributed by atoms with van der Waals surface area (Å²) in [4.78, 5) is 61.6. The van der Waals surface area contributed by atoms with Crippen molar-refractivity contribution < 1.29 is 46.0 Å². The standard InChI is InChI=1S/C63H78N6O10S3/c1-8-64-24-15-9-10-20-55(70)59(82(74,75)77-7)22-25-80-81-63(3,4)23-21-60(71)66-48-28-42(39-78-56-34-54-52(26-41(56)2)62(73)69-37-47-19-14-12-17-45(47)31-50(69)38-67(54)5)27-43(29-48)40-79-58-33-53-51(32-57(58)76-6)61(72)68-36-46-18-13-11-16-44(46)30-49(68)35-65-53/h11-14,16-19,26-29,32-34,49-50,59,64-65H,8-10,15,20-25,30-31,35-40H2,1-7H3,(H,66,71)/t49-,50-,59?/m0/s1. The van der Waals surface area contributed by atoms with E-state index in [0.717, 1.165) is 73.8 Å². The van der Waals surface area contributed by atoms with Crippen molar-refractivity contribution in [3.8, 4) is 17.2 Å². The van der Waals surface area contributed by atoms with E-state index in [1.54, 1.807) is 24.0 Å². The van der Waals surface area contributed by atoms with Gasteiger partial charge in [0.1, 0.15) is 24.2 Å². The smallest absolute Gasteiger partial charge is 0.277 e. The quantitative estimate of drug-likeness (QED) is 0.0270. The van der Waals surface area contributed by atoms with Gasteiger partial charge in [-0.2, -0.15) is 8.42 Å². The van der Waals surface area contributed by atoms with Gasteiger partial charge in [0, 0.05) is 74.4 Å². The number of likely N-dealkylation sites (N-methyl/N-ethyl adjacent to an activating group) is 1. The molecule has 19 heteroatoms. The monoisotopic (exact) mass is 1170 g/mol. The summed E-state index contributed by atoms with van der Waals surface area (Å²) in [5, 5.41) is 8.71. The van der Waals surface area contributed by atoms with Gasteiger partial charge in [0.2, 0.25) is 5.91 Å². The van der Waals surface area contributed by atoms with Crippen LogP contribution in [0.25, 0.3) is 0 Å². The number of unbranched alkanes of at least 4 members (excludes halogenated alkanes) is 2. The molecule has 0 saturated carbocycles. The summed E-state index contributed by atoms with van der Waals surface area (Å²) in [5.74, 6) is 1.33. The number of ether oxygens (including phenoxy) is 3. The van der Waals surface area contributed by atoms with Gasteiger partial charge < -0.3 is 44.9 Å². The molecular formula is C63H78N6O10S3. The maximum absolute atomic E-state index is 14.3. The Kier molecular flexibility index (Phi) is 19.9. The first-order chi connectivity index (χ1) is 39.4. The molecule has 82 heavy (non-hydrogen) atoms. The highest BCUT2D eigenvalue weighted by atomic mass is 33.1. The summed E-state index contributed by atoms with van der Waals surface area (Å²) in [6.45, 7) is 12.4. The van der Waals surface area contributed by atoms with Crippen LogP contribution in [0, 0.1) is 6.92 Å². The van der Waals surface area contributed by atoms with Gasteiger partial charge in [0.25, 0.3) is 21.9 Å². The number of amides is 3. The largest absolute Gasteiger partial charge is 0.493 e. The number of ketones is 1. The lowest BCUT2D eigenvalue weighted by molar-refractivity contribution is -0.119. The lowest BCUT2D eigenvalue weighted by Crippen LogP contribution is -2.47. The SMILES string of the molecule is CCNCCCCCC(=O)C(CCSSC(C)(C)CCC(=O)Nc1cc(COc2cc3c(cc2C)C(=O)N2Cc4ccccc4C[C@H]2CN3C)cc(COc2cc3c(cc2OC)C(=O)N2Cc4ccccc4C[C@H]2CN3)c1)S(=O)(=O)OC. The van der Waals surface area contributed by atoms with Crippen LogP contribution in [-0.2, 0) is 63.0 Å². The molecular weight excluding hydrogens is 1100 g/mol. The van der Waals surface area contributed by atoms with E-state index < -0.39 is 15.4 Å². The average molecular weight is 1180 g/mol. The third kappa shape index (κ3) is 14.6. The topological polar surface area (TPSA) is 185 Å². The van der Waals surface area contributed by atoms with E-state index in [0.29, 0.717) is 84.5 Å². The normalized spacial score (nSPS) is 16.9. The van der Waals surface area contributed by atoms with Crippen LogP contribution in [0.3, 0.4) is 0 Å². The number of anilines is 3. The fraction of sp³-hybridized carbons (Fsp3) is 0.460. The zero-order valence-corrected chi connectivity index (χ0v) is 50.7. The Hall–Kier alpha value is -6.25. The average Bonchev–Trinajstić information content (AvgIpc) is 3.89. The molecule has 4 aliphatic rings. The zero-order valence-electron chi connectivity index (χ0n) is 48.3. The van der Waals surface area contributed by atoms with Crippen molar-refractivity contribution in [2.24, 2.45) is 0 Å². The molecule has 1 unspecified atom stereocenters. The minimum absolute atomic E-state index is 0.00634. The van der Waals surface area contributed by atoms with Crippen LogP contribution in [0.5, 0.6) is 17.2 Å². The molecule has 5 aromatic rings. The first-order valence-corrected chi connectivity index (χ1v) is 32.3. The van der Waals surface area contributed by atoms with Gasteiger partial charge in [-0.15, -0.1) is 0 Å². The van der Waals surface area contributed by atoms with Crippen LogP contribution in [0.1, 0.15) is 125 Å². The van der Waals surface area contributed by atoms with Gasteiger partial charge in [0.15, 0.2) is 17.3 Å². The lowest BCUT2D eigenvalue weighted by atomic mass is 9.93. The van der Waals surface area contributed by atoms with Crippen molar-refractivity contribution in [1.82, 2.24) is 15.1 Å². The van der Waals surface area contributed by atoms with E-state index in [1.807, 2.05) is 99.1 Å². The Bertz CT molecular complexity index is 3260. The number of hydrogen-bond donors (Lipinski definition) is 3.